The lowest BCUT2D eigenvalue weighted by Crippen LogP contribution is -1.73. The average molecular weight is 448 g/mol. The smallest absolute Gasteiger partial charge is 0.152 e. The number of halogens is 2. The lowest BCUT2D eigenvalue weighted by molar-refractivity contribution is 0.111. The summed E-state index contributed by atoms with van der Waals surface area (Å²) in [7, 11) is 0. The van der Waals surface area contributed by atoms with Crippen molar-refractivity contribution < 1.29 is 9.59 Å². The second kappa shape index (κ2) is 7.15. The Hall–Kier alpha value is -2.18. The third-order valence-electron chi connectivity index (χ3n) is 3.61. The number of nitrogens with one attached hydrogen (secondary N) is 2. The average Bonchev–Trinajstić information content (AvgIpc) is 3.17. The van der Waals surface area contributed by atoms with Crippen molar-refractivity contribution in [1.29, 1.82) is 0 Å². The van der Waals surface area contributed by atoms with Gasteiger partial charge in [-0.3, -0.25) is 9.59 Å². The first kappa shape index (κ1) is 16.7. The van der Waals surface area contributed by atoms with Crippen LogP contribution in [0.4, 0.5) is 0 Å². The molecule has 2 heterocycles. The molecule has 6 heteroatoms. The van der Waals surface area contributed by atoms with E-state index in [0.717, 1.165) is 43.3 Å². The van der Waals surface area contributed by atoms with Crippen LogP contribution >= 0.6 is 31.9 Å². The van der Waals surface area contributed by atoms with Crippen LogP contribution in [0.2, 0.25) is 0 Å². The highest BCUT2D eigenvalue weighted by molar-refractivity contribution is 9.10. The summed E-state index contributed by atoms with van der Waals surface area (Å²) in [4.78, 5) is 27.1. The molecule has 0 aliphatic heterocycles. The molecule has 0 atom stereocenters. The van der Waals surface area contributed by atoms with Crippen LogP contribution in [0.1, 0.15) is 20.7 Å². The highest BCUT2D eigenvalue weighted by Crippen LogP contribution is 2.21. The summed E-state index contributed by atoms with van der Waals surface area (Å²) < 4.78 is 2.02. The van der Waals surface area contributed by atoms with Crippen molar-refractivity contribution in [3.8, 4) is 0 Å². The van der Waals surface area contributed by atoms with Gasteiger partial charge in [0.15, 0.2) is 12.6 Å². The van der Waals surface area contributed by atoms with Gasteiger partial charge in [0.05, 0.1) is 0 Å². The van der Waals surface area contributed by atoms with E-state index in [4.69, 9.17) is 0 Å². The number of benzene rings is 2. The molecule has 2 aromatic heterocycles. The quantitative estimate of drug-likeness (QED) is 0.399. The van der Waals surface area contributed by atoms with E-state index in [0.29, 0.717) is 11.1 Å². The molecule has 0 saturated carbocycles. The van der Waals surface area contributed by atoms with E-state index in [1.165, 1.54) is 0 Å². The molecule has 4 aromatic rings. The van der Waals surface area contributed by atoms with Crippen LogP contribution < -0.4 is 0 Å². The number of aldehydes is 2. The first-order valence-corrected chi connectivity index (χ1v) is 8.64. The molecule has 0 fully saturated rings. The van der Waals surface area contributed by atoms with E-state index in [1.807, 2.05) is 36.4 Å². The van der Waals surface area contributed by atoms with E-state index in [-0.39, 0.29) is 0 Å². The fourth-order valence-electron chi connectivity index (χ4n) is 2.44. The number of hydrogen-bond donors (Lipinski definition) is 2. The summed E-state index contributed by atoms with van der Waals surface area (Å²) in [5.74, 6) is 0. The van der Waals surface area contributed by atoms with Crippen LogP contribution in [-0.2, 0) is 0 Å². The standard InChI is InChI=1S/2C9H6BrNO/c2*10-7-1-2-8-6(5-12)4-11-9(8)3-7/h2*1-5,11H. The molecule has 0 radical (unpaired) electrons. The Morgan fingerprint density at radius 1 is 0.708 bits per heavy atom. The molecule has 0 amide bonds. The maximum Gasteiger partial charge on any atom is 0.152 e. The summed E-state index contributed by atoms with van der Waals surface area (Å²) in [6, 6.07) is 11.6. The van der Waals surface area contributed by atoms with Gasteiger partial charge in [-0.05, 0) is 24.3 Å². The number of carbonyl (C=O) groups excluding carboxylic acids is 2. The lowest BCUT2D eigenvalue weighted by Gasteiger charge is -1.90. The topological polar surface area (TPSA) is 65.7 Å². The molecule has 0 aliphatic rings. The zero-order valence-corrected chi connectivity index (χ0v) is 15.5. The molecule has 0 aliphatic carbocycles. The zero-order valence-electron chi connectivity index (χ0n) is 12.3. The van der Waals surface area contributed by atoms with Crippen LogP contribution in [-0.4, -0.2) is 22.5 Å². The molecule has 4 rings (SSSR count). The number of carbonyl (C=O) groups is 2. The lowest BCUT2D eigenvalue weighted by atomic mass is 10.2. The molecule has 120 valence electrons. The minimum atomic E-state index is 0.706. The van der Waals surface area contributed by atoms with Gasteiger partial charge in [0, 0.05) is 54.3 Å². The highest BCUT2D eigenvalue weighted by Gasteiger charge is 2.02. The van der Waals surface area contributed by atoms with Gasteiger partial charge >= 0.3 is 0 Å². The van der Waals surface area contributed by atoms with E-state index in [1.54, 1.807) is 12.4 Å². The van der Waals surface area contributed by atoms with Crippen molar-refractivity contribution in [2.75, 3.05) is 0 Å². The summed E-state index contributed by atoms with van der Waals surface area (Å²) in [5.41, 5.74) is 3.37. The second-order valence-electron chi connectivity index (χ2n) is 5.10. The summed E-state index contributed by atoms with van der Waals surface area (Å²) >= 11 is 6.71. The molecular formula is C18H12Br2N2O2. The SMILES string of the molecule is O=Cc1c[nH]c2cc(Br)ccc12.O=Cc1c[nH]c2cc(Br)ccc12. The normalized spacial score (nSPS) is 10.4. The Bertz CT molecular complexity index is 950. The van der Waals surface area contributed by atoms with Crippen molar-refractivity contribution >= 4 is 66.2 Å². The Labute approximate surface area is 154 Å². The molecule has 0 saturated heterocycles. The monoisotopic (exact) mass is 446 g/mol. The Morgan fingerprint density at radius 3 is 1.50 bits per heavy atom. The number of rotatable bonds is 2. The molecule has 2 aromatic carbocycles. The molecule has 0 spiro atoms. The maximum absolute atomic E-state index is 10.5. The predicted molar refractivity (Wildman–Crippen MR) is 103 cm³/mol. The van der Waals surface area contributed by atoms with Gasteiger partial charge in [0.25, 0.3) is 0 Å². The zero-order chi connectivity index (χ0) is 17.1. The van der Waals surface area contributed by atoms with Gasteiger partial charge in [-0.25, -0.2) is 0 Å². The van der Waals surface area contributed by atoms with Crippen LogP contribution in [0.5, 0.6) is 0 Å². The number of fused-ring (bicyclic) bond motifs is 2. The van der Waals surface area contributed by atoms with Crippen molar-refractivity contribution in [2.45, 2.75) is 0 Å². The van der Waals surface area contributed by atoms with E-state index in [2.05, 4.69) is 41.8 Å². The summed E-state index contributed by atoms with van der Waals surface area (Å²) in [6.45, 7) is 0. The predicted octanol–water partition coefficient (Wildman–Crippen LogP) is 5.49. The van der Waals surface area contributed by atoms with Crippen LogP contribution in [0, 0.1) is 0 Å². The Morgan fingerprint density at radius 2 is 1.12 bits per heavy atom. The van der Waals surface area contributed by atoms with Crippen molar-refractivity contribution in [3.63, 3.8) is 0 Å². The van der Waals surface area contributed by atoms with Crippen LogP contribution in [0.15, 0.2) is 57.7 Å². The van der Waals surface area contributed by atoms with Crippen molar-refractivity contribution in [2.24, 2.45) is 0 Å². The number of aromatic amines is 2. The first-order valence-electron chi connectivity index (χ1n) is 7.06. The second-order valence-corrected chi connectivity index (χ2v) is 6.93. The Balaban J connectivity index is 0.000000141. The highest BCUT2D eigenvalue weighted by atomic mass is 79.9. The third kappa shape index (κ3) is 3.34. The van der Waals surface area contributed by atoms with Gasteiger partial charge in [-0.2, -0.15) is 0 Å². The number of H-pyrrole nitrogens is 2. The number of hydrogen-bond acceptors (Lipinski definition) is 2. The molecule has 0 unspecified atom stereocenters. The summed E-state index contributed by atoms with van der Waals surface area (Å²) in [6.07, 6.45) is 5.13. The molecular weight excluding hydrogens is 436 g/mol. The third-order valence-corrected chi connectivity index (χ3v) is 4.59. The van der Waals surface area contributed by atoms with Gasteiger partial charge in [0.1, 0.15) is 0 Å². The molecule has 24 heavy (non-hydrogen) atoms. The van der Waals surface area contributed by atoms with Crippen LogP contribution in [0.3, 0.4) is 0 Å². The summed E-state index contributed by atoms with van der Waals surface area (Å²) in [5, 5.41) is 1.93. The van der Waals surface area contributed by atoms with Gasteiger partial charge < -0.3 is 9.97 Å². The fourth-order valence-corrected chi connectivity index (χ4v) is 3.16. The van der Waals surface area contributed by atoms with Crippen molar-refractivity contribution in [3.05, 3.63) is 68.9 Å². The van der Waals surface area contributed by atoms with E-state index < -0.39 is 0 Å². The van der Waals surface area contributed by atoms with E-state index in [9.17, 15) is 9.59 Å². The van der Waals surface area contributed by atoms with E-state index >= 15 is 0 Å². The minimum Gasteiger partial charge on any atom is -0.360 e. The number of aromatic nitrogens is 2. The largest absolute Gasteiger partial charge is 0.360 e. The van der Waals surface area contributed by atoms with Gasteiger partial charge in [-0.15, -0.1) is 0 Å². The maximum atomic E-state index is 10.5. The molecule has 0 bridgehead atoms. The van der Waals surface area contributed by atoms with Crippen LogP contribution in [0.25, 0.3) is 21.8 Å². The minimum absolute atomic E-state index is 0.706. The molecule has 4 nitrogen and oxygen atoms in total. The molecule has 2 N–H and O–H groups in total. The Kier molecular flexibility index (Phi) is 4.97. The fraction of sp³-hybridized carbons (Fsp3) is 0. The van der Waals surface area contributed by atoms with Crippen molar-refractivity contribution in [1.82, 2.24) is 9.97 Å². The van der Waals surface area contributed by atoms with Gasteiger partial charge in [-0.1, -0.05) is 44.0 Å². The van der Waals surface area contributed by atoms with Gasteiger partial charge in [0.2, 0.25) is 0 Å². The first-order chi connectivity index (χ1) is 11.6.